The van der Waals surface area contributed by atoms with Crippen molar-refractivity contribution in [3.05, 3.63) is 73.6 Å². The molecule has 0 spiro atoms. The number of non-ortho nitro benzene ring substituents is 1. The van der Waals surface area contributed by atoms with Crippen molar-refractivity contribution in [2.75, 3.05) is 31.2 Å². The number of amides is 2. The van der Waals surface area contributed by atoms with E-state index >= 15 is 0 Å². The van der Waals surface area contributed by atoms with E-state index in [0.29, 0.717) is 36.9 Å². The third-order valence-corrected chi connectivity index (χ3v) is 6.11. The zero-order valence-electron chi connectivity index (χ0n) is 16.3. The van der Waals surface area contributed by atoms with E-state index in [1.54, 1.807) is 36.4 Å². The number of nitro benzene ring substituents is 1. The van der Waals surface area contributed by atoms with Crippen LogP contribution in [-0.2, 0) is 16.1 Å². The predicted octanol–water partition coefficient (Wildman–Crippen LogP) is 4.32. The summed E-state index contributed by atoms with van der Waals surface area (Å²) >= 11 is 6.82. The van der Waals surface area contributed by atoms with Crippen LogP contribution in [0.5, 0.6) is 0 Å². The number of carbonyl (C=O) groups excluding carboxylic acids is 2. The largest absolute Gasteiger partial charge is 0.378 e. The first-order valence-corrected chi connectivity index (χ1v) is 10.7. The molecule has 2 aromatic carbocycles. The predicted molar refractivity (Wildman–Crippen MR) is 119 cm³/mol. The summed E-state index contributed by atoms with van der Waals surface area (Å²) in [5.74, 6) is -0.436. The third-order valence-electron chi connectivity index (χ3n) is 4.96. The number of rotatable bonds is 5. The van der Waals surface area contributed by atoms with Gasteiger partial charge in [-0.3, -0.25) is 24.6 Å². The molecule has 8 nitrogen and oxygen atoms in total. The van der Waals surface area contributed by atoms with Crippen LogP contribution in [0.4, 0.5) is 16.2 Å². The van der Waals surface area contributed by atoms with Gasteiger partial charge in [-0.05, 0) is 41.6 Å². The van der Waals surface area contributed by atoms with Gasteiger partial charge < -0.3 is 9.64 Å². The maximum atomic E-state index is 12.9. The lowest BCUT2D eigenvalue weighted by Gasteiger charge is -2.30. The summed E-state index contributed by atoms with van der Waals surface area (Å²) in [6, 6.07) is 11.5. The van der Waals surface area contributed by atoms with Crippen LogP contribution in [0.1, 0.15) is 11.1 Å². The fraction of sp³-hybridized carbons (Fsp3) is 0.238. The highest BCUT2D eigenvalue weighted by molar-refractivity contribution is 8.18. The van der Waals surface area contributed by atoms with Crippen molar-refractivity contribution < 1.29 is 19.2 Å². The minimum atomic E-state index is -0.481. The van der Waals surface area contributed by atoms with Crippen LogP contribution in [0.2, 0.25) is 5.02 Å². The van der Waals surface area contributed by atoms with Crippen LogP contribution >= 0.6 is 23.4 Å². The summed E-state index contributed by atoms with van der Waals surface area (Å²) in [6.07, 6.45) is 1.56. The number of hydrogen-bond donors (Lipinski definition) is 0. The Labute approximate surface area is 187 Å². The molecule has 2 aromatic rings. The molecular formula is C21H18ClN3O5S. The van der Waals surface area contributed by atoms with Gasteiger partial charge in [0.2, 0.25) is 0 Å². The quantitative estimate of drug-likeness (QED) is 0.373. The number of nitrogens with zero attached hydrogens (tertiary/aromatic N) is 3. The lowest BCUT2D eigenvalue weighted by molar-refractivity contribution is -0.384. The van der Waals surface area contributed by atoms with Crippen molar-refractivity contribution in [1.82, 2.24) is 4.90 Å². The fourth-order valence-electron chi connectivity index (χ4n) is 3.46. The smallest absolute Gasteiger partial charge is 0.293 e. The lowest BCUT2D eigenvalue weighted by Crippen LogP contribution is -2.36. The number of thioether (sulfide) groups is 1. The lowest BCUT2D eigenvalue weighted by atomic mass is 10.1. The summed E-state index contributed by atoms with van der Waals surface area (Å²) in [6.45, 7) is 2.47. The molecule has 0 bridgehead atoms. The highest BCUT2D eigenvalue weighted by Crippen LogP contribution is 2.36. The summed E-state index contributed by atoms with van der Waals surface area (Å²) in [5, 5.41) is 11.4. The van der Waals surface area contributed by atoms with E-state index in [4.69, 9.17) is 16.3 Å². The molecule has 0 aromatic heterocycles. The van der Waals surface area contributed by atoms with Crippen LogP contribution in [0, 0.1) is 10.1 Å². The molecule has 31 heavy (non-hydrogen) atoms. The molecule has 2 heterocycles. The second-order valence-corrected chi connectivity index (χ2v) is 8.43. The SMILES string of the molecule is O=C1S/C(=C\c2cc([N+](=O)[O-])ccc2N2CCOCC2)C(=O)N1Cc1cccc(Cl)c1. The van der Waals surface area contributed by atoms with E-state index in [1.807, 2.05) is 0 Å². The average molecular weight is 460 g/mol. The summed E-state index contributed by atoms with van der Waals surface area (Å²) in [4.78, 5) is 39.7. The molecule has 2 saturated heterocycles. The average Bonchev–Trinajstić information content (AvgIpc) is 3.01. The van der Waals surface area contributed by atoms with Gasteiger partial charge in [0.25, 0.3) is 16.8 Å². The number of benzene rings is 2. The monoisotopic (exact) mass is 459 g/mol. The molecular weight excluding hydrogens is 442 g/mol. The van der Waals surface area contributed by atoms with Crippen LogP contribution in [-0.4, -0.2) is 47.3 Å². The molecule has 2 fully saturated rings. The molecule has 0 radical (unpaired) electrons. The molecule has 0 N–H and O–H groups in total. The Morgan fingerprint density at radius 1 is 1.16 bits per heavy atom. The van der Waals surface area contributed by atoms with Gasteiger partial charge in [-0.25, -0.2) is 0 Å². The van der Waals surface area contributed by atoms with Crippen LogP contribution in [0.15, 0.2) is 47.4 Å². The van der Waals surface area contributed by atoms with Gasteiger partial charge in [-0.15, -0.1) is 0 Å². The fourth-order valence-corrected chi connectivity index (χ4v) is 4.50. The summed E-state index contributed by atoms with van der Waals surface area (Å²) < 4.78 is 5.38. The standard InChI is InChI=1S/C21H18ClN3O5S/c22-16-3-1-2-14(10-16)13-24-20(26)19(31-21(24)27)12-15-11-17(25(28)29)4-5-18(15)23-6-8-30-9-7-23/h1-5,10-12H,6-9,13H2/b19-12-. The van der Waals surface area contributed by atoms with Crippen molar-refractivity contribution in [1.29, 1.82) is 0 Å². The normalized spacial score (nSPS) is 18.2. The van der Waals surface area contributed by atoms with Crippen LogP contribution < -0.4 is 4.90 Å². The van der Waals surface area contributed by atoms with Gasteiger partial charge in [0.1, 0.15) is 0 Å². The van der Waals surface area contributed by atoms with Crippen molar-refractivity contribution in [3.63, 3.8) is 0 Å². The second kappa shape index (κ2) is 9.09. The summed E-state index contributed by atoms with van der Waals surface area (Å²) in [5.41, 5.74) is 1.93. The maximum absolute atomic E-state index is 12.9. The zero-order chi connectivity index (χ0) is 22.0. The van der Waals surface area contributed by atoms with Crippen LogP contribution in [0.3, 0.4) is 0 Å². The highest BCUT2D eigenvalue weighted by Gasteiger charge is 2.35. The first kappa shape index (κ1) is 21.4. The number of nitro groups is 1. The van der Waals surface area contributed by atoms with E-state index in [1.165, 1.54) is 12.1 Å². The maximum Gasteiger partial charge on any atom is 0.293 e. The molecule has 0 atom stereocenters. The Morgan fingerprint density at radius 2 is 1.94 bits per heavy atom. The Hall–Kier alpha value is -2.88. The van der Waals surface area contributed by atoms with E-state index < -0.39 is 16.1 Å². The van der Waals surface area contributed by atoms with Crippen molar-refractivity contribution in [3.8, 4) is 0 Å². The number of halogens is 1. The molecule has 2 amide bonds. The molecule has 10 heteroatoms. The molecule has 0 aliphatic carbocycles. The topological polar surface area (TPSA) is 93.0 Å². The number of anilines is 1. The molecule has 2 aliphatic heterocycles. The number of carbonyl (C=O) groups is 2. The van der Waals surface area contributed by atoms with Gasteiger partial charge >= 0.3 is 0 Å². The van der Waals surface area contributed by atoms with Gasteiger partial charge in [-0.2, -0.15) is 0 Å². The molecule has 4 rings (SSSR count). The Bertz CT molecular complexity index is 1080. The third kappa shape index (κ3) is 4.73. The zero-order valence-corrected chi connectivity index (χ0v) is 17.9. The van der Waals surface area contributed by atoms with Crippen molar-refractivity contribution in [2.24, 2.45) is 0 Å². The van der Waals surface area contributed by atoms with Crippen LogP contribution in [0.25, 0.3) is 6.08 Å². The van der Waals surface area contributed by atoms with E-state index in [-0.39, 0.29) is 17.1 Å². The number of imide groups is 1. The molecule has 2 aliphatic rings. The van der Waals surface area contributed by atoms with Gasteiger partial charge in [0.15, 0.2) is 0 Å². The molecule has 0 unspecified atom stereocenters. The first-order chi connectivity index (χ1) is 14.9. The minimum absolute atomic E-state index is 0.0820. The van der Waals surface area contributed by atoms with E-state index in [9.17, 15) is 19.7 Å². The summed E-state index contributed by atoms with van der Waals surface area (Å²) in [7, 11) is 0. The molecule has 160 valence electrons. The molecule has 0 saturated carbocycles. The Kier molecular flexibility index (Phi) is 6.26. The van der Waals surface area contributed by atoms with Gasteiger partial charge in [-0.1, -0.05) is 23.7 Å². The first-order valence-electron chi connectivity index (χ1n) is 9.53. The van der Waals surface area contributed by atoms with Crippen molar-refractivity contribution >= 4 is 52.0 Å². The van der Waals surface area contributed by atoms with E-state index in [2.05, 4.69) is 4.90 Å². The van der Waals surface area contributed by atoms with Gasteiger partial charge in [0, 0.05) is 41.5 Å². The van der Waals surface area contributed by atoms with E-state index in [0.717, 1.165) is 27.9 Å². The number of hydrogen-bond acceptors (Lipinski definition) is 7. The second-order valence-electron chi connectivity index (χ2n) is 7.00. The minimum Gasteiger partial charge on any atom is -0.378 e. The highest BCUT2D eigenvalue weighted by atomic mass is 35.5. The Balaban J connectivity index is 1.65. The van der Waals surface area contributed by atoms with Crippen molar-refractivity contribution in [2.45, 2.75) is 6.54 Å². The van der Waals surface area contributed by atoms with Gasteiger partial charge in [0.05, 0.1) is 29.6 Å². The Morgan fingerprint density at radius 3 is 2.65 bits per heavy atom. The number of morpholine rings is 1. The number of ether oxygens (including phenoxy) is 1.